The monoisotopic (exact) mass is 451 g/mol. The number of hydrogen-bond acceptors (Lipinski definition) is 6. The molecule has 1 aromatic carbocycles. The minimum Gasteiger partial charge on any atom is -0.454 e. The molecule has 1 saturated heterocycles. The maximum Gasteiger partial charge on any atom is 0.277 e. The molecule has 0 bridgehead atoms. The van der Waals surface area contributed by atoms with Crippen molar-refractivity contribution in [1.82, 2.24) is 15.0 Å². The van der Waals surface area contributed by atoms with Crippen molar-refractivity contribution in [2.45, 2.75) is 32.0 Å². The second-order valence-corrected chi connectivity index (χ2v) is 8.80. The zero-order chi connectivity index (χ0) is 23.2. The van der Waals surface area contributed by atoms with Gasteiger partial charge in [-0.15, -0.1) is 0 Å². The number of alkyl halides is 2. The van der Waals surface area contributed by atoms with Crippen molar-refractivity contribution >= 4 is 11.1 Å². The van der Waals surface area contributed by atoms with E-state index in [1.807, 2.05) is 48.5 Å². The van der Waals surface area contributed by atoms with Crippen LogP contribution in [0.1, 0.15) is 25.1 Å². The van der Waals surface area contributed by atoms with Crippen LogP contribution in [0.2, 0.25) is 0 Å². The number of benzene rings is 1. The number of fused-ring (bicyclic) bond motifs is 1. The Morgan fingerprint density at radius 1 is 1.03 bits per heavy atom. The molecule has 0 radical (unpaired) electrons. The first kappa shape index (κ1) is 21.6. The summed E-state index contributed by atoms with van der Waals surface area (Å²) in [7, 11) is 0. The van der Waals surface area contributed by atoms with E-state index >= 15 is 0 Å². The van der Waals surface area contributed by atoms with Crippen LogP contribution in [-0.4, -0.2) is 39.1 Å². The molecule has 6 nitrogen and oxygen atoms in total. The highest BCUT2D eigenvalue weighted by atomic mass is 19.3. The first-order valence-corrected chi connectivity index (χ1v) is 10.6. The Morgan fingerprint density at radius 2 is 1.76 bits per heavy atom. The summed E-state index contributed by atoms with van der Waals surface area (Å²) in [5.74, 6) is -1.99. The summed E-state index contributed by atoms with van der Waals surface area (Å²) >= 11 is 0. The van der Waals surface area contributed by atoms with Crippen molar-refractivity contribution in [3.63, 3.8) is 0 Å². The van der Waals surface area contributed by atoms with E-state index in [1.54, 1.807) is 26.2 Å². The van der Waals surface area contributed by atoms with Gasteiger partial charge in [-0.1, -0.05) is 24.3 Å². The number of hydrogen-bond donors (Lipinski definition) is 1. The van der Waals surface area contributed by atoms with Crippen molar-refractivity contribution in [3.8, 4) is 22.5 Å². The Bertz CT molecular complexity index is 1290. The lowest BCUT2D eigenvalue weighted by Gasteiger charge is -2.37. The van der Waals surface area contributed by atoms with Crippen LogP contribution in [0.15, 0.2) is 65.3 Å². The van der Waals surface area contributed by atoms with Crippen molar-refractivity contribution in [1.29, 1.82) is 0 Å². The number of hydroxylamine groups is 2. The molecule has 3 aromatic heterocycles. The fourth-order valence-corrected chi connectivity index (χ4v) is 3.73. The Labute approximate surface area is 189 Å². The molecule has 0 aliphatic carbocycles. The molecule has 0 amide bonds. The highest BCUT2D eigenvalue weighted by Gasteiger charge is 2.44. The molecule has 4 heterocycles. The third-order valence-electron chi connectivity index (χ3n) is 5.58. The zero-order valence-corrected chi connectivity index (χ0v) is 18.3. The number of furan rings is 1. The molecule has 1 aliphatic heterocycles. The van der Waals surface area contributed by atoms with Gasteiger partial charge in [0, 0.05) is 29.6 Å². The molecule has 0 atom stereocenters. The molecular formula is C25H23F2N3O3. The number of nitrogens with zero attached hydrogens (tertiary/aromatic N) is 3. The number of pyridine rings is 2. The van der Waals surface area contributed by atoms with Crippen LogP contribution in [0.4, 0.5) is 8.78 Å². The largest absolute Gasteiger partial charge is 0.454 e. The number of rotatable bonds is 6. The van der Waals surface area contributed by atoms with Gasteiger partial charge in [0.2, 0.25) is 0 Å². The number of aromatic nitrogens is 2. The van der Waals surface area contributed by atoms with Gasteiger partial charge < -0.3 is 9.52 Å². The summed E-state index contributed by atoms with van der Waals surface area (Å²) in [4.78, 5) is 14.1. The Kier molecular flexibility index (Phi) is 5.23. The van der Waals surface area contributed by atoms with Gasteiger partial charge in [-0.05, 0) is 43.2 Å². The van der Waals surface area contributed by atoms with E-state index in [2.05, 4.69) is 9.97 Å². The Balaban J connectivity index is 1.38. The molecule has 8 heteroatoms. The predicted molar refractivity (Wildman–Crippen MR) is 119 cm³/mol. The summed E-state index contributed by atoms with van der Waals surface area (Å²) in [6, 6.07) is 15.0. The standard InChI is InChI=1S/C25H23F2N3O3/c1-24(2,31)22-11-18(7-9-29-22)19-8-10-28-20-12-21(33-23(19)20)17-5-3-16(4-6-17)13-32-30-14-25(26,27)15-30/h3-12,31H,13-15H2,1-2H3. The normalized spacial score (nSPS) is 16.2. The van der Waals surface area contributed by atoms with E-state index in [-0.39, 0.29) is 19.7 Å². The molecule has 4 aromatic rings. The smallest absolute Gasteiger partial charge is 0.277 e. The summed E-state index contributed by atoms with van der Waals surface area (Å²) in [5.41, 5.74) is 4.34. The average Bonchev–Trinajstić information content (AvgIpc) is 3.20. The van der Waals surface area contributed by atoms with Gasteiger partial charge in [0.15, 0.2) is 5.58 Å². The third kappa shape index (κ3) is 4.50. The van der Waals surface area contributed by atoms with E-state index in [4.69, 9.17) is 9.25 Å². The number of halogens is 2. The van der Waals surface area contributed by atoms with Gasteiger partial charge in [0.1, 0.15) is 16.9 Å². The minimum absolute atomic E-state index is 0.230. The lowest BCUT2D eigenvalue weighted by atomic mass is 10.00. The average molecular weight is 451 g/mol. The van der Waals surface area contributed by atoms with Gasteiger partial charge in [0.25, 0.3) is 5.92 Å². The van der Waals surface area contributed by atoms with Crippen LogP contribution in [0, 0.1) is 0 Å². The zero-order valence-electron chi connectivity index (χ0n) is 18.3. The maximum absolute atomic E-state index is 12.9. The lowest BCUT2D eigenvalue weighted by molar-refractivity contribution is -0.294. The maximum atomic E-state index is 12.9. The van der Waals surface area contributed by atoms with Crippen LogP contribution >= 0.6 is 0 Å². The quantitative estimate of drug-likeness (QED) is 0.436. The predicted octanol–water partition coefficient (Wildman–Crippen LogP) is 5.17. The molecule has 1 aliphatic rings. The summed E-state index contributed by atoms with van der Waals surface area (Å²) in [6.07, 6.45) is 3.39. The van der Waals surface area contributed by atoms with Gasteiger partial charge >= 0.3 is 0 Å². The first-order valence-electron chi connectivity index (χ1n) is 10.6. The van der Waals surface area contributed by atoms with E-state index in [0.29, 0.717) is 17.0 Å². The molecule has 0 saturated carbocycles. The van der Waals surface area contributed by atoms with E-state index in [0.717, 1.165) is 27.8 Å². The molecule has 0 spiro atoms. The Morgan fingerprint density at radius 3 is 2.45 bits per heavy atom. The minimum atomic E-state index is -2.65. The van der Waals surface area contributed by atoms with E-state index in [1.165, 1.54) is 5.06 Å². The fourth-order valence-electron chi connectivity index (χ4n) is 3.73. The first-order chi connectivity index (χ1) is 15.7. The summed E-state index contributed by atoms with van der Waals surface area (Å²) < 4.78 is 32.0. The highest BCUT2D eigenvalue weighted by molar-refractivity contribution is 5.92. The molecule has 33 heavy (non-hydrogen) atoms. The van der Waals surface area contributed by atoms with Gasteiger partial charge in [-0.25, -0.2) is 8.78 Å². The summed E-state index contributed by atoms with van der Waals surface area (Å²) in [5, 5.41) is 11.6. The SMILES string of the molecule is CC(C)(O)c1cc(-c2ccnc3cc(-c4ccc(CON5CC(F)(F)C5)cc4)oc23)ccn1. The molecule has 5 rings (SSSR count). The van der Waals surface area contributed by atoms with Crippen LogP contribution in [0.3, 0.4) is 0 Å². The molecule has 1 N–H and O–H groups in total. The van der Waals surface area contributed by atoms with Crippen molar-refractivity contribution in [3.05, 3.63) is 72.2 Å². The van der Waals surface area contributed by atoms with Crippen LogP contribution in [-0.2, 0) is 17.0 Å². The molecular weight excluding hydrogens is 428 g/mol. The molecule has 170 valence electrons. The topological polar surface area (TPSA) is 71.6 Å². The lowest BCUT2D eigenvalue weighted by Crippen LogP contribution is -2.55. The highest BCUT2D eigenvalue weighted by Crippen LogP contribution is 2.34. The van der Waals surface area contributed by atoms with E-state index in [9.17, 15) is 13.9 Å². The van der Waals surface area contributed by atoms with Gasteiger partial charge in [-0.3, -0.25) is 14.8 Å². The second-order valence-electron chi connectivity index (χ2n) is 8.80. The van der Waals surface area contributed by atoms with Crippen molar-refractivity contribution < 1.29 is 23.1 Å². The summed E-state index contributed by atoms with van der Waals surface area (Å²) in [6.45, 7) is 2.88. The van der Waals surface area contributed by atoms with Gasteiger partial charge in [-0.2, -0.15) is 5.06 Å². The fraction of sp³-hybridized carbons (Fsp3) is 0.280. The van der Waals surface area contributed by atoms with Crippen LogP contribution in [0.25, 0.3) is 33.6 Å². The van der Waals surface area contributed by atoms with Crippen LogP contribution < -0.4 is 0 Å². The molecule has 0 unspecified atom stereocenters. The third-order valence-corrected chi connectivity index (χ3v) is 5.58. The van der Waals surface area contributed by atoms with Crippen LogP contribution in [0.5, 0.6) is 0 Å². The molecule has 1 fully saturated rings. The van der Waals surface area contributed by atoms with Crippen molar-refractivity contribution in [2.75, 3.05) is 13.1 Å². The Hall–Kier alpha value is -3.20. The van der Waals surface area contributed by atoms with E-state index < -0.39 is 11.5 Å². The van der Waals surface area contributed by atoms with Crippen molar-refractivity contribution in [2.24, 2.45) is 0 Å². The van der Waals surface area contributed by atoms with Gasteiger partial charge in [0.05, 0.1) is 25.4 Å². The second kappa shape index (κ2) is 7.98. The number of aliphatic hydroxyl groups is 1.